The Balaban J connectivity index is 2.08. The number of rotatable bonds is 6. The molecule has 0 unspecified atom stereocenters. The van der Waals surface area contributed by atoms with E-state index in [1.807, 2.05) is 12.1 Å². The number of hydrogen-bond acceptors (Lipinski definition) is 6. The minimum absolute atomic E-state index is 0.561. The van der Waals surface area contributed by atoms with Crippen LogP contribution in [0, 0.1) is 0 Å². The number of fused-ring (bicyclic) bond motifs is 1. The van der Waals surface area contributed by atoms with Crippen molar-refractivity contribution in [3.8, 4) is 11.4 Å². The lowest BCUT2D eigenvalue weighted by Crippen LogP contribution is -2.16. The van der Waals surface area contributed by atoms with Crippen LogP contribution in [0.5, 0.6) is 0 Å². The van der Waals surface area contributed by atoms with Crippen molar-refractivity contribution in [3.63, 3.8) is 0 Å². The second-order valence-electron chi connectivity index (χ2n) is 4.99. The van der Waals surface area contributed by atoms with E-state index in [-0.39, 0.29) is 0 Å². The third-order valence-electron chi connectivity index (χ3n) is 3.26. The molecule has 0 radical (unpaired) electrons. The molecular weight excluding hydrogens is 278 g/mol. The van der Waals surface area contributed by atoms with E-state index in [0.29, 0.717) is 13.1 Å². The van der Waals surface area contributed by atoms with Crippen LogP contribution in [-0.2, 0) is 6.42 Å². The third-order valence-corrected chi connectivity index (χ3v) is 3.26. The van der Waals surface area contributed by atoms with Crippen LogP contribution in [0.2, 0.25) is 0 Å². The SMILES string of the molecule is CCCc1cc(NCCN)n2nc(-c3cnccn3)cc2n1. The van der Waals surface area contributed by atoms with E-state index in [0.717, 1.165) is 41.4 Å². The highest BCUT2D eigenvalue weighted by atomic mass is 15.3. The molecule has 0 aromatic carbocycles. The van der Waals surface area contributed by atoms with Crippen molar-refractivity contribution in [1.82, 2.24) is 24.6 Å². The summed E-state index contributed by atoms with van der Waals surface area (Å²) in [5.74, 6) is 0.897. The van der Waals surface area contributed by atoms with Gasteiger partial charge in [-0.2, -0.15) is 9.61 Å². The molecule has 0 bridgehead atoms. The summed E-state index contributed by atoms with van der Waals surface area (Å²) in [5.41, 5.74) is 8.91. The van der Waals surface area contributed by atoms with E-state index in [1.165, 1.54) is 0 Å². The summed E-state index contributed by atoms with van der Waals surface area (Å²) in [6, 6.07) is 3.95. The maximum absolute atomic E-state index is 5.59. The summed E-state index contributed by atoms with van der Waals surface area (Å²) < 4.78 is 1.79. The van der Waals surface area contributed by atoms with Crippen molar-refractivity contribution < 1.29 is 0 Å². The molecule has 3 N–H and O–H groups in total. The molecule has 3 aromatic rings. The number of aromatic nitrogens is 5. The van der Waals surface area contributed by atoms with Gasteiger partial charge in [0.05, 0.1) is 6.20 Å². The van der Waals surface area contributed by atoms with Gasteiger partial charge in [-0.3, -0.25) is 9.97 Å². The maximum Gasteiger partial charge on any atom is 0.158 e. The maximum atomic E-state index is 5.59. The number of aryl methyl sites for hydroxylation is 1. The number of nitrogens with two attached hydrogens (primary N) is 1. The van der Waals surface area contributed by atoms with Crippen molar-refractivity contribution in [2.24, 2.45) is 5.73 Å². The van der Waals surface area contributed by atoms with Gasteiger partial charge in [0.1, 0.15) is 17.2 Å². The summed E-state index contributed by atoms with van der Waals surface area (Å²) in [6.07, 6.45) is 6.97. The Kier molecular flexibility index (Phi) is 4.24. The van der Waals surface area contributed by atoms with E-state index in [2.05, 4.69) is 32.3 Å². The normalized spacial score (nSPS) is 11.0. The van der Waals surface area contributed by atoms with Gasteiger partial charge in [0.15, 0.2) is 5.65 Å². The molecule has 3 rings (SSSR count). The predicted molar refractivity (Wildman–Crippen MR) is 85.6 cm³/mol. The van der Waals surface area contributed by atoms with Crippen molar-refractivity contribution >= 4 is 11.5 Å². The average molecular weight is 297 g/mol. The second kappa shape index (κ2) is 6.48. The summed E-state index contributed by atoms with van der Waals surface area (Å²) in [7, 11) is 0. The fraction of sp³-hybridized carbons (Fsp3) is 0.333. The minimum Gasteiger partial charge on any atom is -0.369 e. The molecule has 0 amide bonds. The molecular formula is C15H19N7. The van der Waals surface area contributed by atoms with Crippen LogP contribution in [0.15, 0.2) is 30.7 Å². The predicted octanol–water partition coefficient (Wildman–Crippen LogP) is 1.51. The topological polar surface area (TPSA) is 94.0 Å². The molecule has 0 aliphatic rings. The molecule has 0 spiro atoms. The number of hydrogen-bond donors (Lipinski definition) is 2. The fourth-order valence-corrected chi connectivity index (χ4v) is 2.29. The van der Waals surface area contributed by atoms with Gasteiger partial charge in [0.2, 0.25) is 0 Å². The summed E-state index contributed by atoms with van der Waals surface area (Å²) >= 11 is 0. The van der Waals surface area contributed by atoms with Crippen molar-refractivity contribution in [2.75, 3.05) is 18.4 Å². The first-order valence-corrected chi connectivity index (χ1v) is 7.42. The van der Waals surface area contributed by atoms with Gasteiger partial charge in [0, 0.05) is 43.3 Å². The first-order valence-electron chi connectivity index (χ1n) is 7.42. The Hall–Kier alpha value is -2.54. The first kappa shape index (κ1) is 14.4. The molecule has 3 heterocycles. The van der Waals surface area contributed by atoms with Gasteiger partial charge in [0.25, 0.3) is 0 Å². The van der Waals surface area contributed by atoms with Crippen LogP contribution >= 0.6 is 0 Å². The number of anilines is 1. The van der Waals surface area contributed by atoms with E-state index >= 15 is 0 Å². The molecule has 0 atom stereocenters. The Bertz CT molecular complexity index is 751. The summed E-state index contributed by atoms with van der Waals surface area (Å²) in [4.78, 5) is 13.0. The van der Waals surface area contributed by atoms with Crippen LogP contribution in [-0.4, -0.2) is 37.7 Å². The molecule has 22 heavy (non-hydrogen) atoms. The van der Waals surface area contributed by atoms with E-state index in [4.69, 9.17) is 5.73 Å². The lowest BCUT2D eigenvalue weighted by molar-refractivity contribution is 0.854. The zero-order valence-corrected chi connectivity index (χ0v) is 12.5. The van der Waals surface area contributed by atoms with Crippen LogP contribution in [0.4, 0.5) is 5.82 Å². The minimum atomic E-state index is 0.561. The van der Waals surface area contributed by atoms with E-state index in [9.17, 15) is 0 Å². The molecule has 0 aliphatic heterocycles. The largest absolute Gasteiger partial charge is 0.369 e. The highest BCUT2D eigenvalue weighted by Gasteiger charge is 2.11. The van der Waals surface area contributed by atoms with Crippen LogP contribution in [0.3, 0.4) is 0 Å². The van der Waals surface area contributed by atoms with Crippen LogP contribution in [0.1, 0.15) is 19.0 Å². The van der Waals surface area contributed by atoms with Crippen molar-refractivity contribution in [2.45, 2.75) is 19.8 Å². The Morgan fingerprint density at radius 2 is 2.14 bits per heavy atom. The Morgan fingerprint density at radius 3 is 2.86 bits per heavy atom. The third kappa shape index (κ3) is 2.89. The van der Waals surface area contributed by atoms with Crippen LogP contribution < -0.4 is 11.1 Å². The number of nitrogens with zero attached hydrogens (tertiary/aromatic N) is 5. The van der Waals surface area contributed by atoms with Gasteiger partial charge in [-0.25, -0.2) is 4.98 Å². The smallest absolute Gasteiger partial charge is 0.158 e. The number of nitrogens with one attached hydrogen (secondary N) is 1. The zero-order valence-electron chi connectivity index (χ0n) is 12.5. The van der Waals surface area contributed by atoms with E-state index in [1.54, 1.807) is 23.1 Å². The fourth-order valence-electron chi connectivity index (χ4n) is 2.29. The molecule has 3 aromatic heterocycles. The monoisotopic (exact) mass is 297 g/mol. The quantitative estimate of drug-likeness (QED) is 0.716. The standard InChI is InChI=1S/C15H19N7/c1-2-3-11-8-14(19-5-4-16)22-15(20-11)9-12(21-22)13-10-17-6-7-18-13/h6-10,19H,2-5,16H2,1H3. The average Bonchev–Trinajstić information content (AvgIpc) is 2.98. The van der Waals surface area contributed by atoms with Gasteiger partial charge >= 0.3 is 0 Å². The molecule has 0 aliphatic carbocycles. The zero-order chi connectivity index (χ0) is 15.4. The van der Waals surface area contributed by atoms with Crippen molar-refractivity contribution in [3.05, 3.63) is 36.4 Å². The highest BCUT2D eigenvalue weighted by Crippen LogP contribution is 2.20. The van der Waals surface area contributed by atoms with E-state index < -0.39 is 0 Å². The Labute approximate surface area is 128 Å². The van der Waals surface area contributed by atoms with Gasteiger partial charge in [-0.1, -0.05) is 13.3 Å². The second-order valence-corrected chi connectivity index (χ2v) is 4.99. The lowest BCUT2D eigenvalue weighted by atomic mass is 10.2. The van der Waals surface area contributed by atoms with Gasteiger partial charge < -0.3 is 11.1 Å². The molecule has 7 heteroatoms. The summed E-state index contributed by atoms with van der Waals surface area (Å²) in [5, 5.41) is 7.89. The molecule has 0 saturated carbocycles. The van der Waals surface area contributed by atoms with Gasteiger partial charge in [-0.15, -0.1) is 0 Å². The lowest BCUT2D eigenvalue weighted by Gasteiger charge is -2.09. The highest BCUT2D eigenvalue weighted by molar-refractivity contribution is 5.62. The molecule has 114 valence electrons. The van der Waals surface area contributed by atoms with Crippen molar-refractivity contribution in [1.29, 1.82) is 0 Å². The molecule has 7 nitrogen and oxygen atoms in total. The molecule has 0 fully saturated rings. The molecule has 0 saturated heterocycles. The van der Waals surface area contributed by atoms with Crippen LogP contribution in [0.25, 0.3) is 17.0 Å². The Morgan fingerprint density at radius 1 is 1.23 bits per heavy atom. The van der Waals surface area contributed by atoms with Gasteiger partial charge in [-0.05, 0) is 6.42 Å². The summed E-state index contributed by atoms with van der Waals surface area (Å²) in [6.45, 7) is 3.39. The first-order chi connectivity index (χ1) is 10.8.